The summed E-state index contributed by atoms with van der Waals surface area (Å²) in [6.07, 6.45) is 5.58. The molecule has 2 heterocycles. The topological polar surface area (TPSA) is 64.4 Å². The van der Waals surface area contributed by atoms with E-state index >= 15 is 0 Å². The first kappa shape index (κ1) is 17.0. The van der Waals surface area contributed by atoms with Crippen molar-refractivity contribution in [2.24, 2.45) is 7.05 Å². The van der Waals surface area contributed by atoms with Crippen molar-refractivity contribution in [1.29, 1.82) is 0 Å². The van der Waals surface area contributed by atoms with Crippen molar-refractivity contribution >= 4 is 10.0 Å². The number of rotatable bonds is 4. The summed E-state index contributed by atoms with van der Waals surface area (Å²) < 4.78 is 34.8. The monoisotopic (exact) mass is 349 g/mol. The van der Waals surface area contributed by atoms with Gasteiger partial charge in [-0.2, -0.15) is 9.40 Å². The summed E-state index contributed by atoms with van der Waals surface area (Å²) in [5.41, 5.74) is 0.816. The van der Waals surface area contributed by atoms with Crippen LogP contribution in [0, 0.1) is 0 Å². The van der Waals surface area contributed by atoms with Gasteiger partial charge in [-0.15, -0.1) is 0 Å². The van der Waals surface area contributed by atoms with E-state index in [4.69, 9.17) is 4.74 Å². The van der Waals surface area contributed by atoms with Gasteiger partial charge in [-0.3, -0.25) is 4.68 Å². The summed E-state index contributed by atoms with van der Waals surface area (Å²) in [5, 5.41) is 4.45. The van der Waals surface area contributed by atoms with Gasteiger partial charge in [-0.05, 0) is 43.2 Å². The Morgan fingerprint density at radius 3 is 2.50 bits per heavy atom. The van der Waals surface area contributed by atoms with Crippen LogP contribution in [-0.4, -0.2) is 36.2 Å². The molecule has 2 aromatic rings. The van der Waals surface area contributed by atoms with Crippen LogP contribution in [-0.2, 0) is 17.1 Å². The van der Waals surface area contributed by atoms with Crippen LogP contribution < -0.4 is 4.74 Å². The van der Waals surface area contributed by atoms with Crippen molar-refractivity contribution in [3.8, 4) is 5.75 Å². The Morgan fingerprint density at radius 1 is 1.12 bits per heavy atom. The van der Waals surface area contributed by atoms with Gasteiger partial charge in [0.1, 0.15) is 5.75 Å². The third kappa shape index (κ3) is 3.32. The SMILES string of the molecule is COc1ccc(S(=O)(=O)N2CCCCCC2c2ccn(C)n2)cc1. The number of sulfonamides is 1. The van der Waals surface area contributed by atoms with Gasteiger partial charge in [0.15, 0.2) is 0 Å². The smallest absolute Gasteiger partial charge is 0.243 e. The van der Waals surface area contributed by atoms with Crippen molar-refractivity contribution in [3.63, 3.8) is 0 Å². The number of hydrogen-bond acceptors (Lipinski definition) is 4. The maximum absolute atomic E-state index is 13.2. The summed E-state index contributed by atoms with van der Waals surface area (Å²) in [6, 6.07) is 8.28. The summed E-state index contributed by atoms with van der Waals surface area (Å²) in [5.74, 6) is 0.645. The molecule has 0 radical (unpaired) electrons. The molecule has 1 aromatic carbocycles. The minimum atomic E-state index is -3.57. The lowest BCUT2D eigenvalue weighted by Gasteiger charge is -2.28. The number of benzene rings is 1. The number of nitrogens with zero attached hydrogens (tertiary/aromatic N) is 3. The number of aryl methyl sites for hydroxylation is 1. The second-order valence-electron chi connectivity index (χ2n) is 6.07. The molecule has 130 valence electrons. The van der Waals surface area contributed by atoms with Crippen LogP contribution in [0.5, 0.6) is 5.75 Å². The third-order valence-electron chi connectivity index (χ3n) is 4.45. The first-order valence-electron chi connectivity index (χ1n) is 8.18. The molecule has 1 aromatic heterocycles. The van der Waals surface area contributed by atoms with Crippen LogP contribution in [0.3, 0.4) is 0 Å². The second-order valence-corrected chi connectivity index (χ2v) is 7.96. The van der Waals surface area contributed by atoms with Crippen LogP contribution in [0.15, 0.2) is 41.4 Å². The molecule has 1 aliphatic heterocycles. The largest absolute Gasteiger partial charge is 0.497 e. The summed E-state index contributed by atoms with van der Waals surface area (Å²) in [7, 11) is -0.155. The zero-order chi connectivity index (χ0) is 17.2. The first-order valence-corrected chi connectivity index (χ1v) is 9.62. The Morgan fingerprint density at radius 2 is 1.88 bits per heavy atom. The molecule has 0 saturated carbocycles. The molecular formula is C17H23N3O3S. The van der Waals surface area contributed by atoms with E-state index in [1.54, 1.807) is 40.4 Å². The fourth-order valence-electron chi connectivity index (χ4n) is 3.16. The molecule has 1 atom stereocenters. The lowest BCUT2D eigenvalue weighted by molar-refractivity contribution is 0.321. The van der Waals surface area contributed by atoms with E-state index in [1.807, 2.05) is 19.3 Å². The Labute approximate surface area is 143 Å². The van der Waals surface area contributed by atoms with Crippen LogP contribution in [0.4, 0.5) is 0 Å². The third-order valence-corrected chi connectivity index (χ3v) is 6.37. The molecule has 3 rings (SSSR count). The lowest BCUT2D eigenvalue weighted by atomic mass is 10.1. The second kappa shape index (κ2) is 6.94. The highest BCUT2D eigenvalue weighted by Crippen LogP contribution is 2.34. The van der Waals surface area contributed by atoms with Gasteiger partial charge < -0.3 is 4.74 Å². The highest BCUT2D eigenvalue weighted by Gasteiger charge is 2.34. The van der Waals surface area contributed by atoms with E-state index in [2.05, 4.69) is 5.10 Å². The fraction of sp³-hybridized carbons (Fsp3) is 0.471. The van der Waals surface area contributed by atoms with Gasteiger partial charge in [0.25, 0.3) is 0 Å². The number of methoxy groups -OCH3 is 1. The molecule has 0 bridgehead atoms. The van der Waals surface area contributed by atoms with E-state index in [1.165, 1.54) is 0 Å². The fourth-order valence-corrected chi connectivity index (χ4v) is 4.83. The Bertz CT molecular complexity index is 784. The number of hydrogen-bond donors (Lipinski definition) is 0. The summed E-state index contributed by atoms with van der Waals surface area (Å²) in [6.45, 7) is 0.523. The van der Waals surface area contributed by atoms with Crippen molar-refractivity contribution in [2.75, 3.05) is 13.7 Å². The Kier molecular flexibility index (Phi) is 4.91. The van der Waals surface area contributed by atoms with E-state index in [9.17, 15) is 8.42 Å². The zero-order valence-corrected chi connectivity index (χ0v) is 14.9. The van der Waals surface area contributed by atoms with Crippen molar-refractivity contribution in [1.82, 2.24) is 14.1 Å². The van der Waals surface area contributed by atoms with Crippen LogP contribution in [0.2, 0.25) is 0 Å². The molecular weight excluding hydrogens is 326 g/mol. The Balaban J connectivity index is 1.97. The normalized spacial score (nSPS) is 19.8. The minimum absolute atomic E-state index is 0.208. The molecule has 24 heavy (non-hydrogen) atoms. The van der Waals surface area contributed by atoms with E-state index in [0.29, 0.717) is 17.2 Å². The van der Waals surface area contributed by atoms with Crippen LogP contribution >= 0.6 is 0 Å². The molecule has 1 aliphatic rings. The van der Waals surface area contributed by atoms with Crippen molar-refractivity contribution in [3.05, 3.63) is 42.2 Å². The average Bonchev–Trinajstić information content (AvgIpc) is 2.86. The summed E-state index contributed by atoms with van der Waals surface area (Å²) >= 11 is 0. The zero-order valence-electron chi connectivity index (χ0n) is 14.1. The van der Waals surface area contributed by atoms with Crippen LogP contribution in [0.1, 0.15) is 37.4 Å². The van der Waals surface area contributed by atoms with Gasteiger partial charge in [0.05, 0.1) is 23.7 Å². The van der Waals surface area contributed by atoms with E-state index in [0.717, 1.165) is 31.4 Å². The highest BCUT2D eigenvalue weighted by molar-refractivity contribution is 7.89. The average molecular weight is 349 g/mol. The molecule has 0 amide bonds. The molecule has 0 N–H and O–H groups in total. The lowest BCUT2D eigenvalue weighted by Crippen LogP contribution is -2.35. The predicted molar refractivity (Wildman–Crippen MR) is 91.3 cm³/mol. The number of aromatic nitrogens is 2. The van der Waals surface area contributed by atoms with Gasteiger partial charge in [0.2, 0.25) is 10.0 Å². The summed E-state index contributed by atoms with van der Waals surface area (Å²) in [4.78, 5) is 0.297. The van der Waals surface area contributed by atoms with E-state index in [-0.39, 0.29) is 6.04 Å². The van der Waals surface area contributed by atoms with Crippen LogP contribution in [0.25, 0.3) is 0 Å². The quantitative estimate of drug-likeness (QED) is 0.851. The molecule has 0 spiro atoms. The first-order chi connectivity index (χ1) is 11.5. The molecule has 0 aliphatic carbocycles. The maximum Gasteiger partial charge on any atom is 0.243 e. The van der Waals surface area contributed by atoms with Gasteiger partial charge in [-0.25, -0.2) is 8.42 Å². The molecule has 1 fully saturated rings. The molecule has 7 heteroatoms. The van der Waals surface area contributed by atoms with Gasteiger partial charge in [0, 0.05) is 19.8 Å². The van der Waals surface area contributed by atoms with Crippen molar-refractivity contribution in [2.45, 2.75) is 36.6 Å². The van der Waals surface area contributed by atoms with Gasteiger partial charge in [-0.1, -0.05) is 12.8 Å². The van der Waals surface area contributed by atoms with E-state index < -0.39 is 10.0 Å². The molecule has 1 unspecified atom stereocenters. The highest BCUT2D eigenvalue weighted by atomic mass is 32.2. The maximum atomic E-state index is 13.2. The number of ether oxygens (including phenoxy) is 1. The van der Waals surface area contributed by atoms with Crippen molar-refractivity contribution < 1.29 is 13.2 Å². The predicted octanol–water partition coefficient (Wildman–Crippen LogP) is 2.73. The Hall–Kier alpha value is -1.86. The standard InChI is InChI=1S/C17H23N3O3S/c1-19-13-11-16(18-19)17-6-4-3-5-12-20(17)24(21,22)15-9-7-14(23-2)8-10-15/h7-11,13,17H,3-6,12H2,1-2H3. The molecule has 6 nitrogen and oxygen atoms in total. The van der Waals surface area contributed by atoms with Gasteiger partial charge >= 0.3 is 0 Å². The minimum Gasteiger partial charge on any atom is -0.497 e. The molecule has 1 saturated heterocycles.